The smallest absolute Gasteiger partial charge is 0.217 e. The van der Waals surface area contributed by atoms with E-state index in [9.17, 15) is 35.4 Å². The molecule has 2 rings (SSSR count). The van der Waals surface area contributed by atoms with Crippen molar-refractivity contribution < 1.29 is 49.6 Å². The monoisotopic (exact) mass is 382 g/mol. The quantitative estimate of drug-likeness (QED) is 0.225. The molecule has 2 saturated heterocycles. The van der Waals surface area contributed by atoms with Gasteiger partial charge in [0.05, 0.1) is 6.61 Å². The van der Waals surface area contributed by atoms with E-state index in [2.05, 4.69) is 5.32 Å². The van der Waals surface area contributed by atoms with Gasteiger partial charge in [0.15, 0.2) is 12.6 Å². The molecule has 10 atom stereocenters. The van der Waals surface area contributed by atoms with Gasteiger partial charge in [0.25, 0.3) is 0 Å². The predicted molar refractivity (Wildman–Crippen MR) is 82.2 cm³/mol. The third kappa shape index (κ3) is 4.31. The summed E-state index contributed by atoms with van der Waals surface area (Å²) >= 11 is 0. The Kier molecular flexibility index (Phi) is 7.27. The second-order valence-corrected chi connectivity index (χ2v) is 6.32. The molecule has 2 aliphatic heterocycles. The van der Waals surface area contributed by atoms with Gasteiger partial charge in [0.2, 0.25) is 5.91 Å². The lowest BCUT2D eigenvalue weighted by molar-refractivity contribution is -0.342. The predicted octanol–water partition coefficient (Wildman–Crippen LogP) is -5.29. The zero-order chi connectivity index (χ0) is 19.6. The molecule has 0 aromatic rings. The fourth-order valence-electron chi connectivity index (χ4n) is 3.02. The highest BCUT2D eigenvalue weighted by Gasteiger charge is 2.50. The second-order valence-electron chi connectivity index (χ2n) is 6.32. The largest absolute Gasteiger partial charge is 0.394 e. The van der Waals surface area contributed by atoms with E-state index in [4.69, 9.17) is 19.9 Å². The summed E-state index contributed by atoms with van der Waals surface area (Å²) in [5.41, 5.74) is 5.44. The summed E-state index contributed by atoms with van der Waals surface area (Å²) in [6, 6.07) is -1.26. The summed E-state index contributed by atoms with van der Waals surface area (Å²) in [6.07, 6.45) is -13.0. The van der Waals surface area contributed by atoms with Gasteiger partial charge >= 0.3 is 0 Å². The molecule has 0 aliphatic carbocycles. The first kappa shape index (κ1) is 21.4. The molecule has 9 N–H and O–H groups in total. The average Bonchev–Trinajstić information content (AvgIpc) is 2.60. The molecule has 1 amide bonds. The molecule has 2 fully saturated rings. The van der Waals surface area contributed by atoms with E-state index in [-0.39, 0.29) is 6.54 Å². The summed E-state index contributed by atoms with van der Waals surface area (Å²) < 4.78 is 15.9. The van der Waals surface area contributed by atoms with Crippen LogP contribution < -0.4 is 11.1 Å². The van der Waals surface area contributed by atoms with Crippen LogP contribution in [0, 0.1) is 0 Å². The molecule has 12 nitrogen and oxygen atoms in total. The minimum absolute atomic E-state index is 0.175. The maximum Gasteiger partial charge on any atom is 0.217 e. The number of rotatable bonds is 5. The fraction of sp³-hybridized carbons (Fsp3) is 0.929. The molecule has 2 heterocycles. The first-order valence-electron chi connectivity index (χ1n) is 8.16. The second kappa shape index (κ2) is 8.84. The summed E-state index contributed by atoms with van der Waals surface area (Å²) in [4.78, 5) is 11.2. The van der Waals surface area contributed by atoms with Crippen molar-refractivity contribution in [1.82, 2.24) is 5.32 Å². The number of ether oxygens (including phenoxy) is 3. The number of hydrogen-bond acceptors (Lipinski definition) is 11. The number of amides is 1. The molecule has 0 radical (unpaired) electrons. The third-order valence-electron chi connectivity index (χ3n) is 4.43. The Hall–Kier alpha value is -0.930. The number of hydrogen-bond donors (Lipinski definition) is 8. The molecule has 0 saturated carbocycles. The molecule has 0 unspecified atom stereocenters. The van der Waals surface area contributed by atoms with Crippen LogP contribution in [0.25, 0.3) is 0 Å². The lowest BCUT2D eigenvalue weighted by Gasteiger charge is -2.46. The Morgan fingerprint density at radius 2 is 1.69 bits per heavy atom. The van der Waals surface area contributed by atoms with Crippen molar-refractivity contribution in [3.8, 4) is 0 Å². The van der Waals surface area contributed by atoms with Crippen molar-refractivity contribution in [2.45, 2.75) is 68.3 Å². The van der Waals surface area contributed by atoms with Crippen LogP contribution >= 0.6 is 0 Å². The van der Waals surface area contributed by atoms with Crippen LogP contribution in [0.2, 0.25) is 0 Å². The summed E-state index contributed by atoms with van der Waals surface area (Å²) in [5, 5.41) is 61.8. The molecule has 0 aromatic heterocycles. The topological polar surface area (TPSA) is 204 Å². The van der Waals surface area contributed by atoms with Crippen LogP contribution in [0.3, 0.4) is 0 Å². The number of carbonyl (C=O) groups is 1. The normalized spacial score (nSPS) is 46.8. The van der Waals surface area contributed by atoms with Crippen LogP contribution in [0.1, 0.15) is 6.92 Å². The zero-order valence-corrected chi connectivity index (χ0v) is 14.1. The van der Waals surface area contributed by atoms with E-state index >= 15 is 0 Å². The van der Waals surface area contributed by atoms with Crippen LogP contribution in [-0.4, -0.2) is 111 Å². The van der Waals surface area contributed by atoms with Gasteiger partial charge in [0.1, 0.15) is 48.8 Å². The van der Waals surface area contributed by atoms with Gasteiger partial charge < -0.3 is 55.9 Å². The molecule has 2 aliphatic rings. The number of aliphatic hydroxyl groups excluding tert-OH is 6. The minimum Gasteiger partial charge on any atom is -0.394 e. The van der Waals surface area contributed by atoms with E-state index in [0.717, 1.165) is 0 Å². The van der Waals surface area contributed by atoms with E-state index in [1.165, 1.54) is 6.92 Å². The molecule has 152 valence electrons. The van der Waals surface area contributed by atoms with Crippen molar-refractivity contribution in [2.24, 2.45) is 5.73 Å². The number of nitrogens with two attached hydrogens (primary N) is 1. The van der Waals surface area contributed by atoms with Gasteiger partial charge in [0, 0.05) is 13.5 Å². The first-order chi connectivity index (χ1) is 12.2. The molecule has 0 bridgehead atoms. The molecule has 0 spiro atoms. The summed E-state index contributed by atoms with van der Waals surface area (Å²) in [6.45, 7) is 0.343. The van der Waals surface area contributed by atoms with Gasteiger partial charge in [-0.05, 0) is 0 Å². The minimum atomic E-state index is -1.68. The third-order valence-corrected chi connectivity index (χ3v) is 4.43. The zero-order valence-electron chi connectivity index (χ0n) is 14.1. The highest BCUT2D eigenvalue weighted by Crippen LogP contribution is 2.28. The van der Waals surface area contributed by atoms with Crippen molar-refractivity contribution in [3.05, 3.63) is 0 Å². The summed E-state index contributed by atoms with van der Waals surface area (Å²) in [7, 11) is 0. The van der Waals surface area contributed by atoms with Crippen LogP contribution in [-0.2, 0) is 19.0 Å². The van der Waals surface area contributed by atoms with E-state index in [0.29, 0.717) is 0 Å². The Labute approximate surface area is 149 Å². The van der Waals surface area contributed by atoms with E-state index < -0.39 is 73.9 Å². The van der Waals surface area contributed by atoms with Crippen LogP contribution in [0.15, 0.2) is 0 Å². The summed E-state index contributed by atoms with van der Waals surface area (Å²) in [5.74, 6) is -0.548. The maximum absolute atomic E-state index is 11.2. The highest BCUT2D eigenvalue weighted by molar-refractivity contribution is 5.73. The molecular weight excluding hydrogens is 356 g/mol. The van der Waals surface area contributed by atoms with Crippen molar-refractivity contribution >= 4 is 5.91 Å². The Morgan fingerprint density at radius 1 is 1.04 bits per heavy atom. The van der Waals surface area contributed by atoms with Crippen LogP contribution in [0.4, 0.5) is 0 Å². The SMILES string of the molecule is CC(=O)N[C@@H]1[C@@H](O)[C@H](O[C@@H]2O[C@H](CN)[C@H](O)[C@H](O)[C@H]2O)[C@@H](CO)O[C@@H]1O. The molecule has 12 heteroatoms. The van der Waals surface area contributed by atoms with Gasteiger partial charge in [-0.1, -0.05) is 0 Å². The Bertz CT molecular complexity index is 481. The Morgan fingerprint density at radius 3 is 2.23 bits per heavy atom. The van der Waals surface area contributed by atoms with Gasteiger partial charge in [-0.2, -0.15) is 0 Å². The average molecular weight is 382 g/mol. The lowest BCUT2D eigenvalue weighted by Crippen LogP contribution is -2.67. The van der Waals surface area contributed by atoms with Crippen molar-refractivity contribution in [3.63, 3.8) is 0 Å². The van der Waals surface area contributed by atoms with Crippen molar-refractivity contribution in [1.29, 1.82) is 0 Å². The van der Waals surface area contributed by atoms with Crippen LogP contribution in [0.5, 0.6) is 0 Å². The molecule has 26 heavy (non-hydrogen) atoms. The number of carbonyl (C=O) groups excluding carboxylic acids is 1. The molecule has 0 aromatic carbocycles. The number of nitrogens with one attached hydrogen (secondary N) is 1. The molecular formula is C14H26N2O10. The lowest BCUT2D eigenvalue weighted by atomic mass is 9.95. The Balaban J connectivity index is 2.16. The van der Waals surface area contributed by atoms with Gasteiger partial charge in [-0.15, -0.1) is 0 Å². The van der Waals surface area contributed by atoms with E-state index in [1.54, 1.807) is 0 Å². The van der Waals surface area contributed by atoms with Gasteiger partial charge in [-0.25, -0.2) is 0 Å². The van der Waals surface area contributed by atoms with Crippen molar-refractivity contribution in [2.75, 3.05) is 13.2 Å². The van der Waals surface area contributed by atoms with Gasteiger partial charge in [-0.3, -0.25) is 4.79 Å². The van der Waals surface area contributed by atoms with E-state index in [1.807, 2.05) is 0 Å². The number of aliphatic hydroxyl groups is 6. The fourth-order valence-corrected chi connectivity index (χ4v) is 3.02. The standard InChI is InChI=1S/C14H26N2O10/c1-4(18)16-7-9(20)12(6(3-17)24-13(7)23)26-14-11(22)10(21)8(19)5(2-15)25-14/h5-14,17,19-23H,2-3,15H2,1H3,(H,16,18)/t5-,6-,7-,8+,9-,10+,11-,12-,13+,14+/m1/s1. The maximum atomic E-state index is 11.2. The first-order valence-corrected chi connectivity index (χ1v) is 8.16. The highest BCUT2D eigenvalue weighted by atomic mass is 16.7.